The van der Waals surface area contributed by atoms with Gasteiger partial charge < -0.3 is 23.8 Å². The summed E-state index contributed by atoms with van der Waals surface area (Å²) in [6.45, 7) is 4.54. The third-order valence-corrected chi connectivity index (χ3v) is 8.02. The van der Waals surface area contributed by atoms with Gasteiger partial charge in [0.25, 0.3) is 0 Å². The number of quaternary nitrogens is 1. The van der Waals surface area contributed by atoms with Crippen LogP contribution >= 0.6 is 0 Å². The van der Waals surface area contributed by atoms with Crippen LogP contribution in [0.4, 0.5) is 0 Å². The summed E-state index contributed by atoms with van der Waals surface area (Å²) < 4.78 is 17.1. The van der Waals surface area contributed by atoms with Crippen LogP contribution in [0.1, 0.15) is 142 Å². The van der Waals surface area contributed by atoms with E-state index in [9.17, 15) is 19.5 Å². The summed E-state index contributed by atoms with van der Waals surface area (Å²) in [5, 5.41) is 9.57. The first-order valence-electron chi connectivity index (χ1n) is 18.5. The van der Waals surface area contributed by atoms with Gasteiger partial charge in [0.05, 0.1) is 34.4 Å². The lowest BCUT2D eigenvalue weighted by atomic mass is 10.1. The average molecular weight is 665 g/mol. The maximum Gasteiger partial charge on any atom is 0.362 e. The zero-order chi connectivity index (χ0) is 35.0. The maximum atomic E-state index is 12.6. The minimum absolute atomic E-state index is 0.0527. The number of esters is 2. The van der Waals surface area contributed by atoms with Crippen molar-refractivity contribution in [2.45, 2.75) is 154 Å². The Hall–Kier alpha value is -2.45. The summed E-state index contributed by atoms with van der Waals surface area (Å²) in [5.74, 6) is -1.51. The van der Waals surface area contributed by atoms with Gasteiger partial charge in [-0.1, -0.05) is 102 Å². The van der Waals surface area contributed by atoms with Crippen LogP contribution in [0.5, 0.6) is 0 Å². The molecule has 0 aromatic rings. The monoisotopic (exact) mass is 665 g/mol. The van der Waals surface area contributed by atoms with Gasteiger partial charge in [-0.05, 0) is 57.8 Å². The quantitative estimate of drug-likeness (QED) is 0.0331. The standard InChI is InChI=1S/C39H69NO7/c1-6-8-10-12-14-16-18-20-22-24-26-28-30-38(42)47-35(33-45-32-31-36(39(43)44)40(3,4)5)34-46-37(41)29-27-25-23-21-19-17-15-13-11-9-7-2/h8,10,13-16,35-36H,6-7,9,11-12,17-34H2,1-5H3/p+1/b10-8+,15-13+,16-14+. The number of likely N-dealkylation sites (N-methyl/N-ethyl adjacent to an activating group) is 1. The molecule has 0 rings (SSSR count). The Morgan fingerprint density at radius 3 is 1.77 bits per heavy atom. The van der Waals surface area contributed by atoms with Crippen molar-refractivity contribution in [3.63, 3.8) is 0 Å². The van der Waals surface area contributed by atoms with E-state index in [2.05, 4.69) is 50.3 Å². The van der Waals surface area contributed by atoms with Gasteiger partial charge in [0.15, 0.2) is 12.1 Å². The highest BCUT2D eigenvalue weighted by molar-refractivity contribution is 5.72. The highest BCUT2D eigenvalue weighted by atomic mass is 16.6. The Balaban J connectivity index is 4.48. The fourth-order valence-corrected chi connectivity index (χ4v) is 5.11. The first-order valence-corrected chi connectivity index (χ1v) is 18.5. The van der Waals surface area contributed by atoms with Gasteiger partial charge in [0, 0.05) is 19.3 Å². The molecule has 2 unspecified atom stereocenters. The Kier molecular flexibility index (Phi) is 29.2. The molecule has 0 fully saturated rings. The maximum absolute atomic E-state index is 12.6. The Labute approximate surface area is 287 Å². The second kappa shape index (κ2) is 30.9. The van der Waals surface area contributed by atoms with E-state index in [4.69, 9.17) is 14.2 Å². The lowest BCUT2D eigenvalue weighted by Crippen LogP contribution is -2.50. The van der Waals surface area contributed by atoms with E-state index in [0.717, 1.165) is 83.5 Å². The highest BCUT2D eigenvalue weighted by Gasteiger charge is 2.31. The van der Waals surface area contributed by atoms with Crippen LogP contribution in [0.2, 0.25) is 0 Å². The predicted octanol–water partition coefficient (Wildman–Crippen LogP) is 9.13. The summed E-state index contributed by atoms with van der Waals surface area (Å²) in [6.07, 6.45) is 31.9. The number of allylic oxidation sites excluding steroid dienone is 6. The zero-order valence-corrected chi connectivity index (χ0v) is 30.7. The average Bonchev–Trinajstić information content (AvgIpc) is 3.01. The Bertz CT molecular complexity index is 875. The van der Waals surface area contributed by atoms with Gasteiger partial charge >= 0.3 is 17.9 Å². The van der Waals surface area contributed by atoms with Gasteiger partial charge in [-0.25, -0.2) is 4.79 Å². The number of carboxylic acids is 1. The number of nitrogens with zero attached hydrogens (tertiary/aromatic N) is 1. The van der Waals surface area contributed by atoms with Crippen molar-refractivity contribution in [3.8, 4) is 0 Å². The van der Waals surface area contributed by atoms with Crippen LogP contribution < -0.4 is 0 Å². The van der Waals surface area contributed by atoms with Crippen LogP contribution in [0.15, 0.2) is 36.5 Å². The van der Waals surface area contributed by atoms with Crippen molar-refractivity contribution < 1.29 is 38.2 Å². The molecule has 0 saturated carbocycles. The molecule has 0 aliphatic rings. The molecule has 0 aromatic carbocycles. The number of hydrogen-bond donors (Lipinski definition) is 1. The molecule has 8 heteroatoms. The summed E-state index contributed by atoms with van der Waals surface area (Å²) in [7, 11) is 5.50. The molecule has 8 nitrogen and oxygen atoms in total. The molecule has 0 aliphatic carbocycles. The number of ether oxygens (including phenoxy) is 3. The van der Waals surface area contributed by atoms with Crippen LogP contribution in [0, 0.1) is 0 Å². The summed E-state index contributed by atoms with van der Waals surface area (Å²) >= 11 is 0. The number of carbonyl (C=O) groups is 3. The first kappa shape index (κ1) is 44.5. The molecule has 0 heterocycles. The second-order valence-electron chi connectivity index (χ2n) is 13.4. The van der Waals surface area contributed by atoms with E-state index < -0.39 is 18.1 Å². The molecule has 0 radical (unpaired) electrons. The molecule has 2 atom stereocenters. The van der Waals surface area contributed by atoms with Gasteiger partial charge in [-0.3, -0.25) is 9.59 Å². The van der Waals surface area contributed by atoms with Crippen molar-refractivity contribution in [1.29, 1.82) is 0 Å². The van der Waals surface area contributed by atoms with Gasteiger partial charge in [-0.2, -0.15) is 0 Å². The van der Waals surface area contributed by atoms with E-state index in [1.165, 1.54) is 25.7 Å². The SMILES string of the molecule is CC/C=C/C/C=C/CCCCCCCC(=O)OC(COCCC(C(=O)O)[N+](C)(C)C)COC(=O)CCCCCCC/C=C/CCCC. The van der Waals surface area contributed by atoms with E-state index in [0.29, 0.717) is 19.3 Å². The van der Waals surface area contributed by atoms with Gasteiger partial charge in [0.1, 0.15) is 6.61 Å². The fraction of sp³-hybridized carbons (Fsp3) is 0.769. The third kappa shape index (κ3) is 29.4. The number of carbonyl (C=O) groups excluding carboxylic acids is 2. The largest absolute Gasteiger partial charge is 0.477 e. The van der Waals surface area contributed by atoms with Crippen molar-refractivity contribution >= 4 is 17.9 Å². The molecule has 0 aliphatic heterocycles. The number of hydrogen-bond acceptors (Lipinski definition) is 6. The molecule has 0 spiro atoms. The minimum Gasteiger partial charge on any atom is -0.477 e. The first-order chi connectivity index (χ1) is 22.6. The van der Waals surface area contributed by atoms with Gasteiger partial charge in [-0.15, -0.1) is 0 Å². The molecule has 47 heavy (non-hydrogen) atoms. The van der Waals surface area contributed by atoms with Gasteiger partial charge in [0.2, 0.25) is 0 Å². The lowest BCUT2D eigenvalue weighted by Gasteiger charge is -2.31. The normalized spacial score (nSPS) is 13.5. The summed E-state index contributed by atoms with van der Waals surface area (Å²) in [4.78, 5) is 36.7. The molecule has 272 valence electrons. The lowest BCUT2D eigenvalue weighted by molar-refractivity contribution is -0.887. The third-order valence-electron chi connectivity index (χ3n) is 8.02. The highest BCUT2D eigenvalue weighted by Crippen LogP contribution is 2.12. The van der Waals surface area contributed by atoms with Crippen LogP contribution in [0.25, 0.3) is 0 Å². The zero-order valence-electron chi connectivity index (χ0n) is 30.7. The number of unbranched alkanes of at least 4 members (excludes halogenated alkanes) is 12. The minimum atomic E-state index is -0.881. The smallest absolute Gasteiger partial charge is 0.362 e. The molecule has 0 amide bonds. The number of carboxylic acid groups (broad SMARTS) is 1. The van der Waals surface area contributed by atoms with Crippen LogP contribution in [-0.2, 0) is 28.6 Å². The fourth-order valence-electron chi connectivity index (χ4n) is 5.11. The second-order valence-corrected chi connectivity index (χ2v) is 13.4. The predicted molar refractivity (Wildman–Crippen MR) is 192 cm³/mol. The van der Waals surface area contributed by atoms with E-state index in [1.807, 2.05) is 21.1 Å². The molecular weight excluding hydrogens is 594 g/mol. The Morgan fingerprint density at radius 1 is 0.660 bits per heavy atom. The van der Waals surface area contributed by atoms with Crippen molar-refractivity contribution in [2.75, 3.05) is 41.0 Å². The van der Waals surface area contributed by atoms with E-state index in [1.54, 1.807) is 0 Å². The summed E-state index contributed by atoms with van der Waals surface area (Å²) in [6, 6.07) is -0.616. The van der Waals surface area contributed by atoms with Crippen molar-refractivity contribution in [2.24, 2.45) is 0 Å². The van der Waals surface area contributed by atoms with E-state index in [-0.39, 0.29) is 36.2 Å². The van der Waals surface area contributed by atoms with Crippen LogP contribution in [0.3, 0.4) is 0 Å². The number of rotatable bonds is 32. The van der Waals surface area contributed by atoms with Crippen molar-refractivity contribution in [1.82, 2.24) is 0 Å². The number of aliphatic carboxylic acids is 1. The molecule has 1 N–H and O–H groups in total. The summed E-state index contributed by atoms with van der Waals surface area (Å²) in [5.41, 5.74) is 0. The topological polar surface area (TPSA) is 99.1 Å². The molecule has 0 bridgehead atoms. The van der Waals surface area contributed by atoms with Crippen molar-refractivity contribution in [3.05, 3.63) is 36.5 Å². The Morgan fingerprint density at radius 2 is 1.19 bits per heavy atom. The van der Waals surface area contributed by atoms with Crippen LogP contribution in [-0.4, -0.2) is 80.6 Å². The molecule has 0 aromatic heterocycles. The van der Waals surface area contributed by atoms with E-state index >= 15 is 0 Å². The molecular formula is C39H70NO7+. The molecule has 0 saturated heterocycles.